The Morgan fingerprint density at radius 3 is 0.914 bits per heavy atom. The summed E-state index contributed by atoms with van der Waals surface area (Å²) in [4.78, 5) is 10.5. The molecule has 0 saturated heterocycles. The van der Waals surface area contributed by atoms with Gasteiger partial charge in [-0.2, -0.15) is 0 Å². The van der Waals surface area contributed by atoms with Gasteiger partial charge in [0.15, 0.2) is 0 Å². The fraction of sp³-hybridized carbons (Fsp3) is 0.966. The van der Waals surface area contributed by atoms with E-state index in [2.05, 4.69) is 0 Å². The Bertz CT molecular complexity index is 435. The number of aliphatic carboxylic acids is 1. The third kappa shape index (κ3) is 23.7. The van der Waals surface area contributed by atoms with E-state index in [-0.39, 0.29) is 0 Å². The normalized spacial score (nSPS) is 11.9. The zero-order chi connectivity index (χ0) is 25.9. The Balaban J connectivity index is 3.15. The Hall–Kier alpha value is -0.433. The van der Waals surface area contributed by atoms with E-state index < -0.39 is 14.8 Å². The maximum Gasteiger partial charge on any atom is 0.500 e. The van der Waals surface area contributed by atoms with Gasteiger partial charge in [-0.05, 0) is 12.8 Å². The van der Waals surface area contributed by atoms with Crippen LogP contribution in [-0.2, 0) is 18.1 Å². The lowest BCUT2D eigenvalue weighted by atomic mass is 10.0. The third-order valence-electron chi connectivity index (χ3n) is 7.31. The zero-order valence-corrected chi connectivity index (χ0v) is 24.8. The summed E-state index contributed by atoms with van der Waals surface area (Å²) in [5.74, 6) is -0.656. The van der Waals surface area contributed by atoms with Crippen LogP contribution in [0.25, 0.3) is 0 Å². The number of carboxylic acids is 1. The average molecular weight is 517 g/mol. The van der Waals surface area contributed by atoms with Gasteiger partial charge in [0.2, 0.25) is 0 Å². The van der Waals surface area contributed by atoms with Crippen molar-refractivity contribution in [1.29, 1.82) is 0 Å². The number of hydrogen-bond donors (Lipinski definition) is 1. The summed E-state index contributed by atoms with van der Waals surface area (Å²) in [5, 5.41) is 8.61. The van der Waals surface area contributed by atoms with Crippen molar-refractivity contribution in [2.75, 3.05) is 21.3 Å². The van der Waals surface area contributed by atoms with Gasteiger partial charge in [0.25, 0.3) is 0 Å². The van der Waals surface area contributed by atoms with E-state index in [1.807, 2.05) is 0 Å². The molecule has 0 rings (SSSR count). The second kappa shape index (κ2) is 26.6. The van der Waals surface area contributed by atoms with Crippen molar-refractivity contribution < 1.29 is 23.2 Å². The van der Waals surface area contributed by atoms with Crippen LogP contribution < -0.4 is 0 Å². The smallest absolute Gasteiger partial charge is 0.481 e. The van der Waals surface area contributed by atoms with Crippen LogP contribution in [0.1, 0.15) is 154 Å². The number of hydrogen-bond acceptors (Lipinski definition) is 4. The SMILES string of the molecule is CO[Si](CCCCCCCCCCCCCCCCCCCCCCCCCC(=O)O)(OC)OC. The molecule has 0 aliphatic heterocycles. The van der Waals surface area contributed by atoms with Crippen LogP contribution in [0.5, 0.6) is 0 Å². The second-order valence-corrected chi connectivity index (χ2v) is 13.4. The zero-order valence-electron chi connectivity index (χ0n) is 23.8. The Morgan fingerprint density at radius 1 is 0.457 bits per heavy atom. The van der Waals surface area contributed by atoms with E-state index in [1.165, 1.54) is 128 Å². The van der Waals surface area contributed by atoms with Crippen LogP contribution >= 0.6 is 0 Å². The van der Waals surface area contributed by atoms with Gasteiger partial charge in [0, 0.05) is 33.8 Å². The molecular weight excluding hydrogens is 456 g/mol. The van der Waals surface area contributed by atoms with Crippen LogP contribution in [-0.4, -0.2) is 41.2 Å². The van der Waals surface area contributed by atoms with E-state index in [1.54, 1.807) is 21.3 Å². The molecule has 5 nitrogen and oxygen atoms in total. The highest BCUT2D eigenvalue weighted by molar-refractivity contribution is 6.60. The molecule has 6 heteroatoms. The molecule has 0 saturated carbocycles. The second-order valence-electron chi connectivity index (χ2n) is 10.3. The molecule has 0 amide bonds. The fourth-order valence-corrected chi connectivity index (χ4v) is 6.68. The molecule has 0 aromatic heterocycles. The van der Waals surface area contributed by atoms with Crippen LogP contribution in [0.2, 0.25) is 6.04 Å². The highest BCUT2D eigenvalue weighted by atomic mass is 28.4. The lowest BCUT2D eigenvalue weighted by Gasteiger charge is -2.24. The van der Waals surface area contributed by atoms with Crippen LogP contribution in [0.4, 0.5) is 0 Å². The van der Waals surface area contributed by atoms with Crippen molar-refractivity contribution in [3.63, 3.8) is 0 Å². The maximum atomic E-state index is 10.5. The van der Waals surface area contributed by atoms with Crippen molar-refractivity contribution >= 4 is 14.8 Å². The molecule has 0 radical (unpaired) electrons. The topological polar surface area (TPSA) is 65.0 Å². The van der Waals surface area contributed by atoms with Crippen molar-refractivity contribution in [3.8, 4) is 0 Å². The molecule has 210 valence electrons. The van der Waals surface area contributed by atoms with Crippen molar-refractivity contribution in [2.45, 2.75) is 160 Å². The predicted octanol–water partition coefficient (Wildman–Crippen LogP) is 9.31. The largest absolute Gasteiger partial charge is 0.500 e. The number of carbonyl (C=O) groups is 1. The Labute approximate surface area is 219 Å². The van der Waals surface area contributed by atoms with Crippen LogP contribution in [0.15, 0.2) is 0 Å². The summed E-state index contributed by atoms with van der Waals surface area (Å²) < 4.78 is 16.4. The summed E-state index contributed by atoms with van der Waals surface area (Å²) in [6, 6.07) is 0.927. The van der Waals surface area contributed by atoms with Crippen molar-refractivity contribution in [1.82, 2.24) is 0 Å². The summed E-state index contributed by atoms with van der Waals surface area (Å²) in [7, 11) is 2.74. The first kappa shape index (κ1) is 34.6. The maximum absolute atomic E-state index is 10.5. The molecule has 0 bridgehead atoms. The molecule has 0 aliphatic carbocycles. The molecule has 0 heterocycles. The first-order chi connectivity index (χ1) is 17.1. The lowest BCUT2D eigenvalue weighted by molar-refractivity contribution is -0.137. The van der Waals surface area contributed by atoms with Gasteiger partial charge in [-0.15, -0.1) is 0 Å². The van der Waals surface area contributed by atoms with Gasteiger partial charge in [-0.1, -0.05) is 135 Å². The minimum Gasteiger partial charge on any atom is -0.481 e. The van der Waals surface area contributed by atoms with Crippen molar-refractivity contribution in [2.24, 2.45) is 0 Å². The van der Waals surface area contributed by atoms with Gasteiger partial charge in [-0.3, -0.25) is 4.79 Å². The Morgan fingerprint density at radius 2 is 0.686 bits per heavy atom. The van der Waals surface area contributed by atoms with Crippen LogP contribution in [0.3, 0.4) is 0 Å². The summed E-state index contributed by atoms with van der Waals surface area (Å²) >= 11 is 0. The fourth-order valence-electron chi connectivity index (χ4n) is 4.89. The summed E-state index contributed by atoms with van der Waals surface area (Å²) in [6.45, 7) is 0. The van der Waals surface area contributed by atoms with E-state index in [0.717, 1.165) is 25.3 Å². The van der Waals surface area contributed by atoms with Gasteiger partial charge in [0.05, 0.1) is 0 Å². The van der Waals surface area contributed by atoms with E-state index >= 15 is 0 Å². The number of unbranched alkanes of at least 4 members (excludes halogenated alkanes) is 22. The average Bonchev–Trinajstić information content (AvgIpc) is 2.86. The molecular formula is C29H60O5Si. The molecule has 0 aliphatic rings. The molecule has 0 spiro atoms. The quantitative estimate of drug-likeness (QED) is 0.0792. The molecule has 35 heavy (non-hydrogen) atoms. The van der Waals surface area contributed by atoms with Crippen molar-refractivity contribution in [3.05, 3.63) is 0 Å². The standard InChI is InChI=1S/C29H60O5Si/c1-32-35(33-2,34-3)28-26-24-22-20-18-16-14-12-10-8-6-4-5-7-9-11-13-15-17-19-21-23-25-27-29(30)31/h4-28H2,1-3H3,(H,30,31). The molecule has 0 fully saturated rings. The highest BCUT2D eigenvalue weighted by Crippen LogP contribution is 2.19. The van der Waals surface area contributed by atoms with Gasteiger partial charge >= 0.3 is 14.8 Å². The van der Waals surface area contributed by atoms with Crippen LogP contribution in [0, 0.1) is 0 Å². The summed E-state index contributed by atoms with van der Waals surface area (Å²) in [6.07, 6.45) is 30.9. The number of rotatable bonds is 29. The molecule has 0 unspecified atom stereocenters. The highest BCUT2D eigenvalue weighted by Gasteiger charge is 2.36. The van der Waals surface area contributed by atoms with Gasteiger partial charge < -0.3 is 18.4 Å². The lowest BCUT2D eigenvalue weighted by Crippen LogP contribution is -2.42. The number of carboxylic acid groups (broad SMARTS) is 1. The monoisotopic (exact) mass is 516 g/mol. The van der Waals surface area contributed by atoms with E-state index in [4.69, 9.17) is 18.4 Å². The molecule has 1 N–H and O–H groups in total. The Kier molecular flexibility index (Phi) is 26.3. The molecule has 0 aromatic carbocycles. The minimum absolute atomic E-state index is 0.338. The van der Waals surface area contributed by atoms with Gasteiger partial charge in [0.1, 0.15) is 0 Å². The first-order valence-corrected chi connectivity index (χ1v) is 16.9. The van der Waals surface area contributed by atoms with E-state index in [9.17, 15) is 4.79 Å². The molecule has 0 aromatic rings. The van der Waals surface area contributed by atoms with E-state index in [0.29, 0.717) is 6.42 Å². The van der Waals surface area contributed by atoms with Gasteiger partial charge in [-0.25, -0.2) is 0 Å². The summed E-state index contributed by atoms with van der Waals surface area (Å²) in [5.41, 5.74) is 0. The third-order valence-corrected chi connectivity index (χ3v) is 10.1. The first-order valence-electron chi connectivity index (χ1n) is 15.0. The predicted molar refractivity (Wildman–Crippen MR) is 150 cm³/mol. The molecule has 0 atom stereocenters. The minimum atomic E-state index is -2.35.